The first-order valence-electron chi connectivity index (χ1n) is 9.42. The first-order valence-corrected chi connectivity index (χ1v) is 10.8. The van der Waals surface area contributed by atoms with E-state index in [2.05, 4.69) is 19.4 Å². The fraction of sp³-hybridized carbons (Fsp3) is 0.421. The van der Waals surface area contributed by atoms with E-state index in [1.165, 1.54) is 17.0 Å². The van der Waals surface area contributed by atoms with Crippen molar-refractivity contribution in [2.75, 3.05) is 19.4 Å². The van der Waals surface area contributed by atoms with Crippen LogP contribution >= 0.6 is 0 Å². The Kier molecular flexibility index (Phi) is 6.01. The average molecular weight is 436 g/mol. The minimum Gasteiger partial charge on any atom is -0.505 e. The molecule has 0 radical (unpaired) electrons. The van der Waals surface area contributed by atoms with Crippen LogP contribution in [0.5, 0.6) is 5.75 Å². The van der Waals surface area contributed by atoms with Crippen LogP contribution in [0.15, 0.2) is 39.3 Å². The zero-order chi connectivity index (χ0) is 22.1. The molecule has 1 unspecified atom stereocenters. The zero-order valence-corrected chi connectivity index (χ0v) is 18.0. The van der Waals surface area contributed by atoms with E-state index in [0.717, 1.165) is 0 Å². The van der Waals surface area contributed by atoms with Crippen LogP contribution in [-0.4, -0.2) is 62.2 Å². The molecule has 0 fully saturated rings. The first kappa shape index (κ1) is 21.6. The number of benzene rings is 1. The van der Waals surface area contributed by atoms with E-state index in [0.29, 0.717) is 6.42 Å². The molecule has 0 aromatic heterocycles. The van der Waals surface area contributed by atoms with E-state index in [1.807, 2.05) is 19.9 Å². The third kappa shape index (κ3) is 4.56. The predicted octanol–water partition coefficient (Wildman–Crippen LogP) is 1.48. The van der Waals surface area contributed by atoms with E-state index in [4.69, 9.17) is 4.74 Å². The number of phenolic OH excluding ortho intramolecular Hbond substituents is 1. The normalized spacial score (nSPS) is 20.4. The van der Waals surface area contributed by atoms with Crippen LogP contribution in [0.1, 0.15) is 30.6 Å². The van der Waals surface area contributed by atoms with Gasteiger partial charge < -0.3 is 25.4 Å². The summed E-state index contributed by atoms with van der Waals surface area (Å²) in [5.41, 5.74) is 0.205. The van der Waals surface area contributed by atoms with Crippen LogP contribution in [0.25, 0.3) is 0 Å². The van der Waals surface area contributed by atoms with Gasteiger partial charge in [0.05, 0.1) is 23.6 Å². The second-order valence-corrected chi connectivity index (χ2v) is 8.81. The lowest BCUT2D eigenvalue weighted by atomic mass is 9.96. The van der Waals surface area contributed by atoms with Gasteiger partial charge in [-0.1, -0.05) is 19.9 Å². The highest BCUT2D eigenvalue weighted by atomic mass is 32.2. The minimum atomic E-state index is -4.07. The number of nitrogens with zero attached hydrogens (tertiary/aromatic N) is 3. The number of hydrogen-bond donors (Lipinski definition) is 3. The van der Waals surface area contributed by atoms with Crippen LogP contribution in [0.4, 0.5) is 5.69 Å². The van der Waals surface area contributed by atoms with Crippen molar-refractivity contribution in [1.82, 2.24) is 10.2 Å². The summed E-state index contributed by atoms with van der Waals surface area (Å²) in [6.45, 7) is 3.96. The Balaban J connectivity index is 1.87. The number of carbonyl (C=O) groups is 1. The number of phenols is 1. The van der Waals surface area contributed by atoms with Gasteiger partial charge in [-0.15, -0.1) is 8.80 Å². The molecule has 10 nitrogen and oxygen atoms in total. The number of para-hydroxylation sites is 1. The van der Waals surface area contributed by atoms with Crippen molar-refractivity contribution in [2.45, 2.75) is 32.4 Å². The number of amidine groups is 2. The Bertz CT molecular complexity index is 1020. The monoisotopic (exact) mass is 435 g/mol. The van der Waals surface area contributed by atoms with Crippen LogP contribution in [0, 0.1) is 5.92 Å². The van der Waals surface area contributed by atoms with Crippen molar-refractivity contribution in [3.63, 3.8) is 0 Å². The van der Waals surface area contributed by atoms with Gasteiger partial charge in [0, 0.05) is 20.5 Å². The number of rotatable bonds is 5. The van der Waals surface area contributed by atoms with Gasteiger partial charge in [-0.2, -0.15) is 8.42 Å². The van der Waals surface area contributed by atoms with Crippen molar-refractivity contribution in [3.8, 4) is 5.75 Å². The van der Waals surface area contributed by atoms with Crippen molar-refractivity contribution >= 4 is 33.5 Å². The summed E-state index contributed by atoms with van der Waals surface area (Å²) >= 11 is 0. The van der Waals surface area contributed by atoms with Crippen molar-refractivity contribution in [2.24, 2.45) is 14.7 Å². The topological polar surface area (TPSA) is 133 Å². The molecule has 1 amide bonds. The van der Waals surface area contributed by atoms with E-state index in [1.54, 1.807) is 26.4 Å². The first-order chi connectivity index (χ1) is 14.1. The molecule has 11 heteroatoms. The molecular weight excluding hydrogens is 410 g/mol. The van der Waals surface area contributed by atoms with Crippen molar-refractivity contribution in [1.29, 1.82) is 0 Å². The Morgan fingerprint density at radius 2 is 1.97 bits per heavy atom. The Labute approximate surface area is 175 Å². The van der Waals surface area contributed by atoms with Crippen molar-refractivity contribution < 1.29 is 23.1 Å². The highest BCUT2D eigenvalue weighted by Gasteiger charge is 2.33. The smallest absolute Gasteiger partial charge is 0.367 e. The molecule has 0 bridgehead atoms. The summed E-state index contributed by atoms with van der Waals surface area (Å²) in [4.78, 5) is 13.6. The molecule has 1 aromatic rings. The van der Waals surface area contributed by atoms with Crippen LogP contribution in [-0.2, 0) is 14.9 Å². The molecule has 0 aliphatic carbocycles. The average Bonchev–Trinajstić information content (AvgIpc) is 3.28. The summed E-state index contributed by atoms with van der Waals surface area (Å²) in [6.07, 6.45) is 4.03. The summed E-state index contributed by atoms with van der Waals surface area (Å²) in [5, 5.41) is 16.4. The molecular formula is C19H25N5O5S. The van der Waals surface area contributed by atoms with Gasteiger partial charge in [0.25, 0.3) is 5.91 Å². The van der Waals surface area contributed by atoms with Crippen LogP contribution in [0.2, 0.25) is 0 Å². The lowest BCUT2D eigenvalue weighted by molar-refractivity contribution is 0.0824. The Hall–Kier alpha value is -3.08. The van der Waals surface area contributed by atoms with E-state index in [9.17, 15) is 18.3 Å². The maximum atomic E-state index is 12.2. The molecule has 2 aliphatic rings. The number of hydrogen-bond acceptors (Lipinski definition) is 7. The highest BCUT2D eigenvalue weighted by Crippen LogP contribution is 2.29. The van der Waals surface area contributed by atoms with E-state index >= 15 is 0 Å². The molecule has 162 valence electrons. The van der Waals surface area contributed by atoms with Crippen LogP contribution < -0.4 is 10.6 Å². The van der Waals surface area contributed by atoms with E-state index in [-0.39, 0.29) is 46.7 Å². The molecule has 30 heavy (non-hydrogen) atoms. The molecule has 3 N–H and O–H groups in total. The van der Waals surface area contributed by atoms with Crippen LogP contribution in [0.3, 0.4) is 0 Å². The maximum Gasteiger partial charge on any atom is 0.367 e. The summed E-state index contributed by atoms with van der Waals surface area (Å²) in [5.74, 6) is -0.651. The molecule has 2 aliphatic heterocycles. The number of nitrogens with one attached hydrogen (secondary N) is 2. The zero-order valence-electron chi connectivity index (χ0n) is 17.2. The van der Waals surface area contributed by atoms with Gasteiger partial charge in [0.15, 0.2) is 17.4 Å². The summed E-state index contributed by atoms with van der Waals surface area (Å²) < 4.78 is 37.0. The van der Waals surface area contributed by atoms with E-state index < -0.39 is 16.1 Å². The van der Waals surface area contributed by atoms with Gasteiger partial charge in [0.1, 0.15) is 6.10 Å². The number of anilines is 1. The molecule has 0 spiro atoms. The van der Waals surface area contributed by atoms with Gasteiger partial charge in [0.2, 0.25) is 0 Å². The number of ether oxygens (including phenoxy) is 1. The Morgan fingerprint density at radius 1 is 1.27 bits per heavy atom. The highest BCUT2D eigenvalue weighted by molar-refractivity contribution is 7.89. The lowest BCUT2D eigenvalue weighted by Crippen LogP contribution is -2.49. The molecule has 1 aromatic carbocycles. The fourth-order valence-corrected chi connectivity index (χ4v) is 3.95. The third-order valence-electron chi connectivity index (χ3n) is 4.70. The summed E-state index contributed by atoms with van der Waals surface area (Å²) in [6, 6.07) is 4.33. The third-order valence-corrected chi connectivity index (χ3v) is 5.53. The second kappa shape index (κ2) is 8.34. The quantitative estimate of drug-likeness (QED) is 0.597. The minimum absolute atomic E-state index is 0.0212. The standard InChI is InChI=1S/C19H25N5O5S/c1-11(2)15(14-9-6-10-29-14)21-18-17(22-30(27,28)23-18)20-13-8-5-7-12(16(13)25)19(26)24(3)4/h5-8,10-11,14-15,25H,9H2,1-4H3,(H,20,22)(H,21,23)/t14?,15-/m1/s1. The molecule has 2 atom stereocenters. The number of carbonyl (C=O) groups excluding carboxylic acids is 1. The second-order valence-electron chi connectivity index (χ2n) is 7.55. The SMILES string of the molecule is CC(C)[C@@H](NC1=NS(=O)(=O)N=C1Nc1cccc(C(=O)N(C)C)c1O)C1CC=CO1. The predicted molar refractivity (Wildman–Crippen MR) is 114 cm³/mol. The number of aromatic hydroxyl groups is 1. The summed E-state index contributed by atoms with van der Waals surface area (Å²) in [7, 11) is -0.943. The Morgan fingerprint density at radius 3 is 2.57 bits per heavy atom. The number of amides is 1. The van der Waals surface area contributed by atoms with Gasteiger partial charge >= 0.3 is 10.2 Å². The van der Waals surface area contributed by atoms with Gasteiger partial charge in [-0.05, 0) is 24.1 Å². The molecule has 0 saturated carbocycles. The lowest BCUT2D eigenvalue weighted by Gasteiger charge is -2.28. The van der Waals surface area contributed by atoms with Gasteiger partial charge in [-0.3, -0.25) is 4.79 Å². The largest absolute Gasteiger partial charge is 0.505 e. The fourth-order valence-electron chi connectivity index (χ4n) is 3.18. The molecule has 2 heterocycles. The van der Waals surface area contributed by atoms with Crippen molar-refractivity contribution in [3.05, 3.63) is 36.1 Å². The molecule has 0 saturated heterocycles. The van der Waals surface area contributed by atoms with Gasteiger partial charge in [-0.25, -0.2) is 0 Å². The maximum absolute atomic E-state index is 12.2. The molecule has 3 rings (SSSR count).